The second-order valence-corrected chi connectivity index (χ2v) is 6.86. The highest BCUT2D eigenvalue weighted by molar-refractivity contribution is 5.87. The molecule has 0 fully saturated rings. The van der Waals surface area contributed by atoms with E-state index in [0.29, 0.717) is 29.4 Å². The molecule has 0 aliphatic carbocycles. The van der Waals surface area contributed by atoms with Crippen LogP contribution in [-0.2, 0) is 4.79 Å². The third kappa shape index (κ3) is 5.11. The van der Waals surface area contributed by atoms with Crippen LogP contribution in [0.4, 0.5) is 5.69 Å². The highest BCUT2D eigenvalue weighted by Crippen LogP contribution is 2.34. The summed E-state index contributed by atoms with van der Waals surface area (Å²) in [4.78, 5) is 16.2. The molecular weight excluding hydrogens is 406 g/mol. The summed E-state index contributed by atoms with van der Waals surface area (Å²) < 4.78 is 11.4. The Bertz CT molecular complexity index is 1010. The predicted molar refractivity (Wildman–Crippen MR) is 119 cm³/mol. The molecule has 0 bridgehead atoms. The summed E-state index contributed by atoms with van der Waals surface area (Å²) in [5, 5.41) is 13.0. The normalized spacial score (nSPS) is 11.6. The molecule has 0 saturated heterocycles. The smallest absolute Gasteiger partial charge is 0.332 e. The predicted octanol–water partition coefficient (Wildman–Crippen LogP) is 4.35. The van der Waals surface area contributed by atoms with E-state index in [0.717, 1.165) is 10.8 Å². The van der Waals surface area contributed by atoms with Gasteiger partial charge in [0.1, 0.15) is 0 Å². The minimum absolute atomic E-state index is 0. The van der Waals surface area contributed by atoms with E-state index in [1.54, 1.807) is 36.7 Å². The molecule has 3 N–H and O–H groups in total. The van der Waals surface area contributed by atoms with E-state index in [1.165, 1.54) is 5.01 Å². The van der Waals surface area contributed by atoms with Crippen LogP contribution < -0.4 is 20.3 Å². The number of nitrogens with two attached hydrogens (primary N) is 1. The fourth-order valence-electron chi connectivity index (χ4n) is 3.12. The lowest BCUT2D eigenvalue weighted by Crippen LogP contribution is -2.39. The molecule has 3 rings (SSSR count). The van der Waals surface area contributed by atoms with Gasteiger partial charge in [-0.05, 0) is 62.1 Å². The lowest BCUT2D eigenvalue weighted by Gasteiger charge is -2.27. The Labute approximate surface area is 181 Å². The van der Waals surface area contributed by atoms with Crippen molar-refractivity contribution in [1.29, 1.82) is 0 Å². The summed E-state index contributed by atoms with van der Waals surface area (Å²) in [7, 11) is 0. The molecule has 1 atom stereocenters. The average Bonchev–Trinajstić information content (AvgIpc) is 2.69. The topological polar surface area (TPSA) is 97.9 Å². The van der Waals surface area contributed by atoms with Crippen molar-refractivity contribution in [3.63, 3.8) is 0 Å². The zero-order valence-corrected chi connectivity index (χ0v) is 17.9. The summed E-state index contributed by atoms with van der Waals surface area (Å²) in [5.41, 5.74) is 1.07. The lowest BCUT2D eigenvalue weighted by atomic mass is 10.0. The molecule has 160 valence electrons. The van der Waals surface area contributed by atoms with Crippen molar-refractivity contribution in [3.8, 4) is 11.5 Å². The van der Waals surface area contributed by atoms with Crippen LogP contribution in [0.15, 0.2) is 54.9 Å². The molecule has 7 nitrogen and oxygen atoms in total. The van der Waals surface area contributed by atoms with E-state index >= 15 is 0 Å². The summed E-state index contributed by atoms with van der Waals surface area (Å²) in [6, 6.07) is 11.3. The number of benzene rings is 2. The minimum atomic E-state index is -1.10. The van der Waals surface area contributed by atoms with Gasteiger partial charge in [-0.25, -0.2) is 10.6 Å². The molecule has 30 heavy (non-hydrogen) atoms. The lowest BCUT2D eigenvalue weighted by molar-refractivity contribution is -0.138. The van der Waals surface area contributed by atoms with Crippen molar-refractivity contribution < 1.29 is 19.4 Å². The fraction of sp³-hybridized carbons (Fsp3) is 0.273. The SMILES string of the molecule is CCOc1cc(C(C(=O)O)N(N)c2ccc3cnccc3c2)ccc1OC(C)C.Cl. The molecule has 1 aromatic heterocycles. The van der Waals surface area contributed by atoms with E-state index in [1.807, 2.05) is 39.0 Å². The molecular formula is C22H26ClN3O4. The number of ether oxygens (including phenoxy) is 2. The highest BCUT2D eigenvalue weighted by atomic mass is 35.5. The number of carbonyl (C=O) groups is 1. The Kier molecular flexibility index (Phi) is 7.86. The Balaban J connectivity index is 0.00000320. The number of pyridine rings is 1. The highest BCUT2D eigenvalue weighted by Gasteiger charge is 2.27. The number of carboxylic acid groups (broad SMARTS) is 1. The summed E-state index contributed by atoms with van der Waals surface area (Å²) in [6.07, 6.45) is 3.40. The Morgan fingerprint density at radius 3 is 2.57 bits per heavy atom. The van der Waals surface area contributed by atoms with Gasteiger partial charge in [0.2, 0.25) is 0 Å². The minimum Gasteiger partial charge on any atom is -0.490 e. The zero-order chi connectivity index (χ0) is 21.0. The van der Waals surface area contributed by atoms with Crippen molar-refractivity contribution >= 4 is 34.8 Å². The number of rotatable bonds is 8. The van der Waals surface area contributed by atoms with E-state index in [2.05, 4.69) is 4.98 Å². The molecule has 0 amide bonds. The molecule has 8 heteroatoms. The molecule has 0 aliphatic rings. The molecule has 1 heterocycles. The number of hydrogen-bond donors (Lipinski definition) is 2. The summed E-state index contributed by atoms with van der Waals surface area (Å²) in [6.45, 7) is 6.13. The van der Waals surface area contributed by atoms with Gasteiger partial charge in [-0.1, -0.05) is 12.1 Å². The zero-order valence-electron chi connectivity index (χ0n) is 17.1. The van der Waals surface area contributed by atoms with Gasteiger partial charge in [-0.15, -0.1) is 12.4 Å². The molecule has 2 aromatic carbocycles. The van der Waals surface area contributed by atoms with Gasteiger partial charge < -0.3 is 14.6 Å². The molecule has 0 radical (unpaired) electrons. The van der Waals surface area contributed by atoms with Gasteiger partial charge >= 0.3 is 5.97 Å². The van der Waals surface area contributed by atoms with Crippen LogP contribution in [0, 0.1) is 0 Å². The number of anilines is 1. The average molecular weight is 432 g/mol. The van der Waals surface area contributed by atoms with Crippen molar-refractivity contribution in [3.05, 3.63) is 60.4 Å². The fourth-order valence-corrected chi connectivity index (χ4v) is 3.12. The first-order valence-electron chi connectivity index (χ1n) is 9.44. The third-order valence-corrected chi connectivity index (χ3v) is 4.38. The van der Waals surface area contributed by atoms with Gasteiger partial charge in [0.15, 0.2) is 17.5 Å². The van der Waals surface area contributed by atoms with Gasteiger partial charge in [-0.2, -0.15) is 0 Å². The maximum atomic E-state index is 12.1. The van der Waals surface area contributed by atoms with Crippen LogP contribution in [0.25, 0.3) is 10.8 Å². The Hall–Kier alpha value is -3.03. The number of halogens is 1. The van der Waals surface area contributed by atoms with Gasteiger partial charge in [-0.3, -0.25) is 9.99 Å². The number of aromatic nitrogens is 1. The van der Waals surface area contributed by atoms with Crippen LogP contribution >= 0.6 is 12.4 Å². The van der Waals surface area contributed by atoms with E-state index in [4.69, 9.17) is 15.3 Å². The van der Waals surface area contributed by atoms with Gasteiger partial charge in [0, 0.05) is 17.8 Å². The number of hydrazine groups is 1. The first kappa shape index (κ1) is 23.3. The van der Waals surface area contributed by atoms with Gasteiger partial charge in [0.05, 0.1) is 18.4 Å². The van der Waals surface area contributed by atoms with Crippen LogP contribution in [-0.4, -0.2) is 28.8 Å². The first-order chi connectivity index (χ1) is 13.9. The molecule has 0 saturated carbocycles. The maximum Gasteiger partial charge on any atom is 0.332 e. The number of nitrogens with zero attached hydrogens (tertiary/aromatic N) is 2. The number of aliphatic carboxylic acids is 1. The third-order valence-electron chi connectivity index (χ3n) is 4.38. The molecule has 3 aromatic rings. The quantitative estimate of drug-likeness (QED) is 0.404. The van der Waals surface area contributed by atoms with E-state index in [9.17, 15) is 9.90 Å². The van der Waals surface area contributed by atoms with Crippen LogP contribution in [0.3, 0.4) is 0 Å². The number of carboxylic acids is 1. The summed E-state index contributed by atoms with van der Waals surface area (Å²) >= 11 is 0. The van der Waals surface area contributed by atoms with Crippen LogP contribution in [0.5, 0.6) is 11.5 Å². The Morgan fingerprint density at radius 1 is 1.13 bits per heavy atom. The molecule has 0 aliphatic heterocycles. The van der Waals surface area contributed by atoms with Crippen LogP contribution in [0.1, 0.15) is 32.4 Å². The van der Waals surface area contributed by atoms with Crippen molar-refractivity contribution in [2.75, 3.05) is 11.6 Å². The Morgan fingerprint density at radius 2 is 1.90 bits per heavy atom. The van der Waals surface area contributed by atoms with Crippen molar-refractivity contribution in [2.24, 2.45) is 5.84 Å². The monoisotopic (exact) mass is 431 g/mol. The van der Waals surface area contributed by atoms with Crippen molar-refractivity contribution in [1.82, 2.24) is 4.98 Å². The standard InChI is InChI=1S/C22H25N3O4.ClH/c1-4-28-20-12-16(6-8-19(20)29-14(2)3)21(22(26)27)25(23)18-7-5-17-13-24-10-9-15(17)11-18;/h5-14,21H,4,23H2,1-3H3,(H,26,27);1H. The van der Waals surface area contributed by atoms with Gasteiger partial charge in [0.25, 0.3) is 0 Å². The van der Waals surface area contributed by atoms with E-state index < -0.39 is 12.0 Å². The second kappa shape index (κ2) is 10.1. The molecule has 1 unspecified atom stereocenters. The van der Waals surface area contributed by atoms with Crippen molar-refractivity contribution in [2.45, 2.75) is 32.9 Å². The van der Waals surface area contributed by atoms with Crippen LogP contribution in [0.2, 0.25) is 0 Å². The maximum absolute atomic E-state index is 12.1. The van der Waals surface area contributed by atoms with E-state index in [-0.39, 0.29) is 18.5 Å². The first-order valence-corrected chi connectivity index (χ1v) is 9.44. The summed E-state index contributed by atoms with van der Waals surface area (Å²) in [5.74, 6) is 6.26. The number of fused-ring (bicyclic) bond motifs is 1. The second-order valence-electron chi connectivity index (χ2n) is 6.86. The largest absolute Gasteiger partial charge is 0.490 e. The molecule has 0 spiro atoms. The number of hydrogen-bond acceptors (Lipinski definition) is 6.